The zero-order valence-corrected chi connectivity index (χ0v) is 20.6. The van der Waals surface area contributed by atoms with Crippen molar-refractivity contribution >= 4 is 50.8 Å². The maximum absolute atomic E-state index is 12.6. The number of benzene rings is 4. The molecule has 0 aliphatic heterocycles. The van der Waals surface area contributed by atoms with Crippen LogP contribution in [0.15, 0.2) is 89.3 Å². The van der Waals surface area contributed by atoms with Gasteiger partial charge in [0.25, 0.3) is 5.91 Å². The van der Waals surface area contributed by atoms with Crippen molar-refractivity contribution in [3.63, 3.8) is 0 Å². The molecule has 6 heteroatoms. The van der Waals surface area contributed by atoms with Crippen molar-refractivity contribution in [3.8, 4) is 11.5 Å². The maximum atomic E-state index is 12.6. The van der Waals surface area contributed by atoms with Gasteiger partial charge in [0.05, 0.1) is 0 Å². The van der Waals surface area contributed by atoms with Crippen molar-refractivity contribution < 1.29 is 9.21 Å². The van der Waals surface area contributed by atoms with Gasteiger partial charge in [0.1, 0.15) is 5.52 Å². The fourth-order valence-corrected chi connectivity index (χ4v) is 4.20. The van der Waals surface area contributed by atoms with Gasteiger partial charge in [-0.15, -0.1) is 0 Å². The number of hydrogen-bond donors (Lipinski definition) is 2. The molecule has 35 heavy (non-hydrogen) atoms. The molecule has 0 aliphatic rings. The van der Waals surface area contributed by atoms with E-state index in [0.717, 1.165) is 16.3 Å². The van der Waals surface area contributed by atoms with Gasteiger partial charge < -0.3 is 9.73 Å². The van der Waals surface area contributed by atoms with Gasteiger partial charge in [-0.05, 0) is 70.4 Å². The summed E-state index contributed by atoms with van der Waals surface area (Å²) in [7, 11) is 0. The monoisotopic (exact) mass is 479 g/mol. The first-order valence-electron chi connectivity index (χ1n) is 11.4. The molecule has 5 rings (SSSR count). The quantitative estimate of drug-likeness (QED) is 0.271. The van der Waals surface area contributed by atoms with E-state index in [1.165, 1.54) is 5.56 Å². The number of hydrogen-bond acceptors (Lipinski definition) is 4. The number of oxazole rings is 1. The molecule has 0 unspecified atom stereocenters. The predicted octanol–water partition coefficient (Wildman–Crippen LogP) is 7.07. The Labute approximate surface area is 209 Å². The summed E-state index contributed by atoms with van der Waals surface area (Å²) in [5, 5.41) is 8.23. The molecule has 4 aromatic carbocycles. The number of carbonyl (C=O) groups excluding carboxylic acids is 1. The van der Waals surface area contributed by atoms with Crippen LogP contribution in [0.25, 0.3) is 33.3 Å². The second-order valence-electron chi connectivity index (χ2n) is 9.46. The third-order valence-corrected chi connectivity index (χ3v) is 6.11. The van der Waals surface area contributed by atoms with Gasteiger partial charge in [-0.1, -0.05) is 69.3 Å². The maximum Gasteiger partial charge on any atom is 0.257 e. The number of nitrogens with one attached hydrogen (secondary N) is 2. The molecule has 0 saturated heterocycles. The van der Waals surface area contributed by atoms with Gasteiger partial charge in [-0.2, -0.15) is 0 Å². The molecule has 174 valence electrons. The summed E-state index contributed by atoms with van der Waals surface area (Å²) in [5.41, 5.74) is 4.77. The third-order valence-electron chi connectivity index (χ3n) is 5.91. The Kier molecular flexibility index (Phi) is 5.83. The average Bonchev–Trinajstić information content (AvgIpc) is 3.26. The van der Waals surface area contributed by atoms with Crippen LogP contribution in [0.2, 0.25) is 0 Å². The van der Waals surface area contributed by atoms with E-state index in [-0.39, 0.29) is 16.4 Å². The Balaban J connectivity index is 1.32. The summed E-state index contributed by atoms with van der Waals surface area (Å²) in [6.45, 7) is 6.41. The molecule has 0 bridgehead atoms. The molecule has 5 nitrogen and oxygen atoms in total. The van der Waals surface area contributed by atoms with Crippen LogP contribution in [-0.4, -0.2) is 16.0 Å². The minimum atomic E-state index is -0.260. The van der Waals surface area contributed by atoms with Gasteiger partial charge in [0.2, 0.25) is 5.89 Å². The lowest BCUT2D eigenvalue weighted by atomic mass is 9.87. The Morgan fingerprint density at radius 2 is 1.66 bits per heavy atom. The third kappa shape index (κ3) is 4.79. The highest BCUT2D eigenvalue weighted by molar-refractivity contribution is 7.80. The molecule has 0 radical (unpaired) electrons. The molecule has 0 atom stereocenters. The molecule has 5 aromatic rings. The van der Waals surface area contributed by atoms with E-state index < -0.39 is 0 Å². The molecule has 1 amide bonds. The number of aromatic nitrogens is 1. The lowest BCUT2D eigenvalue weighted by molar-refractivity contribution is 0.0977. The van der Waals surface area contributed by atoms with Crippen molar-refractivity contribution in [2.75, 3.05) is 5.32 Å². The Bertz CT molecular complexity index is 1560. The minimum Gasteiger partial charge on any atom is -0.436 e. The fourth-order valence-electron chi connectivity index (χ4n) is 3.99. The number of nitrogens with zero attached hydrogens (tertiary/aromatic N) is 1. The van der Waals surface area contributed by atoms with Gasteiger partial charge >= 0.3 is 0 Å². The molecular formula is C29H25N3O2S. The van der Waals surface area contributed by atoms with E-state index in [2.05, 4.69) is 49.6 Å². The van der Waals surface area contributed by atoms with E-state index >= 15 is 0 Å². The minimum absolute atomic E-state index is 0.0269. The second kappa shape index (κ2) is 8.96. The molecule has 0 fully saturated rings. The topological polar surface area (TPSA) is 67.2 Å². The van der Waals surface area contributed by atoms with Crippen LogP contribution in [0, 0.1) is 0 Å². The van der Waals surface area contributed by atoms with E-state index in [4.69, 9.17) is 21.6 Å². The summed E-state index contributed by atoms with van der Waals surface area (Å²) >= 11 is 5.37. The Morgan fingerprint density at radius 3 is 2.43 bits per heavy atom. The van der Waals surface area contributed by atoms with Crippen molar-refractivity contribution in [2.24, 2.45) is 0 Å². The number of thiocarbonyl (C=S) groups is 1. The zero-order valence-electron chi connectivity index (χ0n) is 19.8. The SMILES string of the molecule is CC(C)(C)c1ccc(C(=O)NC(=S)Nc2ccc3oc(-c4cccc5ccccc45)nc3c2)cc1. The second-order valence-corrected chi connectivity index (χ2v) is 9.87. The summed E-state index contributed by atoms with van der Waals surface area (Å²) in [4.78, 5) is 17.3. The summed E-state index contributed by atoms with van der Waals surface area (Å²) in [6, 6.07) is 27.3. The van der Waals surface area contributed by atoms with E-state index in [0.29, 0.717) is 28.2 Å². The van der Waals surface area contributed by atoms with Crippen LogP contribution in [0.3, 0.4) is 0 Å². The predicted molar refractivity (Wildman–Crippen MR) is 146 cm³/mol. The number of carbonyl (C=O) groups is 1. The largest absolute Gasteiger partial charge is 0.436 e. The molecular weight excluding hydrogens is 454 g/mol. The summed E-state index contributed by atoms with van der Waals surface area (Å²) < 4.78 is 6.04. The van der Waals surface area contributed by atoms with Gasteiger partial charge in [0.15, 0.2) is 10.7 Å². The highest BCUT2D eigenvalue weighted by Gasteiger charge is 2.15. The summed E-state index contributed by atoms with van der Waals surface area (Å²) in [5.74, 6) is 0.298. The van der Waals surface area contributed by atoms with Gasteiger partial charge in [-0.25, -0.2) is 4.98 Å². The standard InChI is InChI=1S/C29H25N3O2S/c1-29(2,3)20-13-11-19(12-14-20)26(33)32-28(35)30-21-15-16-25-24(17-21)31-27(34-25)23-10-6-8-18-7-4-5-9-22(18)23/h4-17H,1-3H3,(H2,30,32,33,35). The van der Waals surface area contributed by atoms with Gasteiger partial charge in [0, 0.05) is 16.8 Å². The van der Waals surface area contributed by atoms with E-state index in [1.54, 1.807) is 0 Å². The van der Waals surface area contributed by atoms with Gasteiger partial charge in [-0.3, -0.25) is 10.1 Å². The lowest BCUT2D eigenvalue weighted by Crippen LogP contribution is -2.34. The lowest BCUT2D eigenvalue weighted by Gasteiger charge is -2.19. The van der Waals surface area contributed by atoms with E-state index in [9.17, 15) is 4.79 Å². The molecule has 1 heterocycles. The highest BCUT2D eigenvalue weighted by Crippen LogP contribution is 2.31. The van der Waals surface area contributed by atoms with Crippen molar-refractivity contribution in [3.05, 3.63) is 96.1 Å². The van der Waals surface area contributed by atoms with Crippen molar-refractivity contribution in [1.82, 2.24) is 10.3 Å². The zero-order chi connectivity index (χ0) is 24.6. The normalized spacial score (nSPS) is 11.5. The number of rotatable bonds is 3. The molecule has 0 saturated carbocycles. The van der Waals surface area contributed by atoms with Crippen molar-refractivity contribution in [1.29, 1.82) is 0 Å². The Morgan fingerprint density at radius 1 is 0.914 bits per heavy atom. The number of anilines is 1. The molecule has 1 aromatic heterocycles. The van der Waals surface area contributed by atoms with Crippen LogP contribution < -0.4 is 10.6 Å². The van der Waals surface area contributed by atoms with Crippen molar-refractivity contribution in [2.45, 2.75) is 26.2 Å². The summed E-state index contributed by atoms with van der Waals surface area (Å²) in [6.07, 6.45) is 0. The van der Waals surface area contributed by atoms with Crippen LogP contribution in [0.5, 0.6) is 0 Å². The van der Waals surface area contributed by atoms with Crippen LogP contribution in [0.1, 0.15) is 36.7 Å². The molecule has 0 aliphatic carbocycles. The average molecular weight is 480 g/mol. The highest BCUT2D eigenvalue weighted by atomic mass is 32.1. The molecule has 2 N–H and O–H groups in total. The van der Waals surface area contributed by atoms with E-state index in [1.807, 2.05) is 66.7 Å². The number of amides is 1. The van der Waals surface area contributed by atoms with Crippen LogP contribution in [-0.2, 0) is 5.41 Å². The van der Waals surface area contributed by atoms with Crippen LogP contribution >= 0.6 is 12.2 Å². The first-order valence-corrected chi connectivity index (χ1v) is 11.8. The smallest absolute Gasteiger partial charge is 0.257 e. The first kappa shape index (κ1) is 22.7. The fraction of sp³-hybridized carbons (Fsp3) is 0.138. The van der Waals surface area contributed by atoms with Crippen LogP contribution in [0.4, 0.5) is 5.69 Å². The molecule has 0 spiro atoms. The first-order chi connectivity index (χ1) is 16.8. The Hall–Kier alpha value is -4.03. The number of fused-ring (bicyclic) bond motifs is 2.